The van der Waals surface area contributed by atoms with Gasteiger partial charge in [0.05, 0.1) is 5.52 Å². The number of halogens is 3. The average molecular weight is 428 g/mol. The summed E-state index contributed by atoms with van der Waals surface area (Å²) in [6.45, 7) is 5.16. The molecule has 0 fully saturated rings. The first-order valence-corrected chi connectivity index (χ1v) is 10.1. The lowest BCUT2D eigenvalue weighted by molar-refractivity contribution is -0.130. The summed E-state index contributed by atoms with van der Waals surface area (Å²) < 4.78 is 63.0. The molecular formula is C18H19F3N4O3S. The van der Waals surface area contributed by atoms with Crippen LogP contribution in [0.15, 0.2) is 48.8 Å². The number of sulfonamides is 1. The van der Waals surface area contributed by atoms with Gasteiger partial charge in [-0.1, -0.05) is 50.3 Å². The largest absolute Gasteiger partial charge is 0.517 e. The Morgan fingerprint density at radius 3 is 2.24 bits per heavy atom. The van der Waals surface area contributed by atoms with E-state index in [1.807, 2.05) is 0 Å². The van der Waals surface area contributed by atoms with Crippen LogP contribution < -0.4 is 0 Å². The zero-order valence-corrected chi connectivity index (χ0v) is 16.6. The van der Waals surface area contributed by atoms with Gasteiger partial charge in [0.25, 0.3) is 0 Å². The number of rotatable bonds is 4. The number of nitrogens with zero attached hydrogens (tertiary/aromatic N) is 4. The Labute approximate surface area is 165 Å². The zero-order chi connectivity index (χ0) is 21.6. The van der Waals surface area contributed by atoms with Gasteiger partial charge in [0.1, 0.15) is 11.6 Å². The molecule has 11 heteroatoms. The van der Waals surface area contributed by atoms with E-state index in [-0.39, 0.29) is 10.1 Å². The number of carbonyl (C=O) groups is 1. The number of Topliss-reactive ketones (excluding diaryl/α,β-unsaturated/α-hetero) is 1. The summed E-state index contributed by atoms with van der Waals surface area (Å²) in [4.78, 5) is 13.2. The maximum Gasteiger partial charge on any atom is 0.517 e. The van der Waals surface area contributed by atoms with Gasteiger partial charge >= 0.3 is 15.5 Å². The molecule has 0 N–H and O–H groups in total. The predicted molar refractivity (Wildman–Crippen MR) is 99.6 cm³/mol. The van der Waals surface area contributed by atoms with E-state index < -0.39 is 32.9 Å². The van der Waals surface area contributed by atoms with Crippen LogP contribution in [0.25, 0.3) is 11.0 Å². The first-order chi connectivity index (χ1) is 13.3. The van der Waals surface area contributed by atoms with Crippen LogP contribution in [0.1, 0.15) is 26.8 Å². The van der Waals surface area contributed by atoms with E-state index in [0.717, 1.165) is 12.4 Å². The predicted octanol–water partition coefficient (Wildman–Crippen LogP) is 3.40. The Balaban J connectivity index is 2.03. The van der Waals surface area contributed by atoms with Crippen molar-refractivity contribution in [3.05, 3.63) is 48.8 Å². The van der Waals surface area contributed by atoms with Crippen molar-refractivity contribution < 1.29 is 26.4 Å². The van der Waals surface area contributed by atoms with Crippen LogP contribution in [0.2, 0.25) is 0 Å². The summed E-state index contributed by atoms with van der Waals surface area (Å²) >= 11 is 0. The topological polar surface area (TPSA) is 85.2 Å². The molecule has 1 aromatic heterocycles. The van der Waals surface area contributed by atoms with Crippen LogP contribution >= 0.6 is 0 Å². The molecule has 0 spiro atoms. The van der Waals surface area contributed by atoms with Gasteiger partial charge in [-0.2, -0.15) is 21.6 Å². The van der Waals surface area contributed by atoms with Crippen molar-refractivity contribution in [1.29, 1.82) is 0 Å². The Bertz CT molecular complexity index is 1080. The van der Waals surface area contributed by atoms with Gasteiger partial charge < -0.3 is 0 Å². The maximum atomic E-state index is 13.2. The first kappa shape index (κ1) is 21.0. The molecule has 0 amide bonds. The van der Waals surface area contributed by atoms with Crippen molar-refractivity contribution in [2.24, 2.45) is 11.3 Å². The van der Waals surface area contributed by atoms with Crippen molar-refractivity contribution in [1.82, 2.24) is 19.3 Å². The van der Waals surface area contributed by atoms with Crippen molar-refractivity contribution in [2.75, 3.05) is 0 Å². The van der Waals surface area contributed by atoms with Crippen LogP contribution in [0.5, 0.6) is 0 Å². The van der Waals surface area contributed by atoms with Gasteiger partial charge in [-0.15, -0.1) is 5.10 Å². The van der Waals surface area contributed by atoms with E-state index in [9.17, 15) is 26.4 Å². The number of para-hydroxylation sites is 1. The summed E-state index contributed by atoms with van der Waals surface area (Å²) in [5.41, 5.74) is -5.07. The summed E-state index contributed by atoms with van der Waals surface area (Å²) in [6.07, 6.45) is 4.09. The molecule has 29 heavy (non-hydrogen) atoms. The lowest BCUT2D eigenvalue weighted by Gasteiger charge is -2.30. The monoisotopic (exact) mass is 428 g/mol. The van der Waals surface area contributed by atoms with Crippen molar-refractivity contribution in [3.8, 4) is 0 Å². The van der Waals surface area contributed by atoms with Gasteiger partial charge in [-0.25, -0.2) is 8.99 Å². The van der Waals surface area contributed by atoms with Crippen LogP contribution in [0.4, 0.5) is 13.2 Å². The molecule has 0 bridgehead atoms. The zero-order valence-electron chi connectivity index (χ0n) is 15.8. The van der Waals surface area contributed by atoms with Gasteiger partial charge in [0, 0.05) is 23.7 Å². The van der Waals surface area contributed by atoms with E-state index in [1.165, 1.54) is 16.8 Å². The van der Waals surface area contributed by atoms with E-state index in [4.69, 9.17) is 0 Å². The van der Waals surface area contributed by atoms with Crippen LogP contribution in [-0.2, 0) is 14.8 Å². The fraction of sp³-hybridized carbons (Fsp3) is 0.389. The molecule has 1 atom stereocenters. The third kappa shape index (κ3) is 3.78. The second-order valence-corrected chi connectivity index (χ2v) is 9.46. The summed E-state index contributed by atoms with van der Waals surface area (Å²) in [5, 5.41) is 8.12. The third-order valence-electron chi connectivity index (χ3n) is 4.49. The Morgan fingerprint density at radius 2 is 1.69 bits per heavy atom. The number of alkyl halides is 3. The normalized spacial score (nSPS) is 17.1. The van der Waals surface area contributed by atoms with Crippen LogP contribution in [-0.4, -0.2) is 39.0 Å². The highest BCUT2D eigenvalue weighted by molar-refractivity contribution is 7.90. The standard InChI is InChI=1S/C18H19F3N4O3S/c1-17(2,3)16(26)15(25-14-7-5-4-6-13(14)22-23-25)12-8-10-24(11-9-12)29(27,28)18(19,20)21/h4-12,15H,1-3H3. The molecule has 2 heterocycles. The van der Waals surface area contributed by atoms with Crippen molar-refractivity contribution >= 4 is 26.8 Å². The number of fused-ring (bicyclic) bond motifs is 1. The molecule has 0 radical (unpaired) electrons. The minimum Gasteiger partial charge on any atom is -0.297 e. The summed E-state index contributed by atoms with van der Waals surface area (Å²) in [5.74, 6) is -0.939. The quantitative estimate of drug-likeness (QED) is 0.745. The van der Waals surface area contributed by atoms with Gasteiger partial charge in [0.15, 0.2) is 5.78 Å². The Hall–Kier alpha value is -2.69. The molecule has 0 saturated carbocycles. The lowest BCUT2D eigenvalue weighted by Crippen LogP contribution is -2.38. The molecule has 0 saturated heterocycles. The lowest BCUT2D eigenvalue weighted by atomic mass is 9.81. The highest BCUT2D eigenvalue weighted by Gasteiger charge is 2.49. The first-order valence-electron chi connectivity index (χ1n) is 8.65. The minimum atomic E-state index is -5.55. The Kier molecular flexibility index (Phi) is 5.06. The van der Waals surface area contributed by atoms with E-state index >= 15 is 0 Å². The molecule has 1 aromatic carbocycles. The average Bonchev–Trinajstić information content (AvgIpc) is 3.05. The number of hydrogen-bond donors (Lipinski definition) is 0. The number of ketones is 1. The van der Waals surface area contributed by atoms with Gasteiger partial charge in [-0.3, -0.25) is 4.79 Å². The number of carbonyl (C=O) groups excluding carboxylic acids is 1. The van der Waals surface area contributed by atoms with E-state index in [0.29, 0.717) is 11.0 Å². The molecule has 1 unspecified atom stereocenters. The fourth-order valence-electron chi connectivity index (χ4n) is 2.96. The molecule has 1 aliphatic rings. The third-order valence-corrected chi connectivity index (χ3v) is 5.88. The number of aromatic nitrogens is 3. The van der Waals surface area contributed by atoms with Gasteiger partial charge in [-0.05, 0) is 12.1 Å². The van der Waals surface area contributed by atoms with Crippen molar-refractivity contribution in [2.45, 2.75) is 32.3 Å². The van der Waals surface area contributed by atoms with Crippen molar-refractivity contribution in [3.63, 3.8) is 0 Å². The number of hydrogen-bond acceptors (Lipinski definition) is 5. The van der Waals surface area contributed by atoms with E-state index in [1.54, 1.807) is 45.0 Å². The maximum absolute atomic E-state index is 13.2. The van der Waals surface area contributed by atoms with Gasteiger partial charge in [0.2, 0.25) is 0 Å². The second-order valence-electron chi connectivity index (χ2n) is 7.62. The van der Waals surface area contributed by atoms with E-state index in [2.05, 4.69) is 10.3 Å². The molecule has 156 valence electrons. The Morgan fingerprint density at radius 1 is 1.10 bits per heavy atom. The summed E-state index contributed by atoms with van der Waals surface area (Å²) in [6, 6.07) is 6.06. The highest BCUT2D eigenvalue weighted by atomic mass is 32.2. The van der Waals surface area contributed by atoms with Crippen LogP contribution in [0.3, 0.4) is 0 Å². The molecular weight excluding hydrogens is 409 g/mol. The molecule has 3 rings (SSSR count). The molecule has 0 aliphatic carbocycles. The smallest absolute Gasteiger partial charge is 0.297 e. The number of allylic oxidation sites excluding steroid dienone is 2. The second kappa shape index (κ2) is 6.97. The fourth-order valence-corrected chi connectivity index (χ4v) is 3.66. The molecule has 7 nitrogen and oxygen atoms in total. The molecule has 2 aromatic rings. The summed E-state index contributed by atoms with van der Waals surface area (Å²) in [7, 11) is -5.55. The number of benzene rings is 1. The highest BCUT2D eigenvalue weighted by Crippen LogP contribution is 2.35. The van der Waals surface area contributed by atoms with Crippen LogP contribution in [0, 0.1) is 11.3 Å². The molecule has 1 aliphatic heterocycles. The SMILES string of the molecule is CC(C)(C)C(=O)C(C1C=CN(S(=O)(=O)C(F)(F)F)C=C1)n1nnc2ccccc21. The minimum absolute atomic E-state index is 0.0849.